The Balaban J connectivity index is 1.95. The molecule has 0 spiro atoms. The molecular weight excluding hydrogens is 369 g/mol. The van der Waals surface area contributed by atoms with Gasteiger partial charge in [-0.2, -0.15) is 5.10 Å². The molecule has 0 saturated heterocycles. The van der Waals surface area contributed by atoms with E-state index in [1.165, 1.54) is 5.56 Å². The van der Waals surface area contributed by atoms with E-state index in [0.717, 1.165) is 54.3 Å². The minimum Gasteiger partial charge on any atom is -0.496 e. The Labute approximate surface area is 162 Å². The van der Waals surface area contributed by atoms with Gasteiger partial charge in [-0.1, -0.05) is 35.3 Å². The van der Waals surface area contributed by atoms with E-state index in [4.69, 9.17) is 33.0 Å². The SMILES string of the molecule is COc1ccccc1-c1nn(-c2ccc(Cl)cc2Cl)c2c1CCCCN2. The van der Waals surface area contributed by atoms with Gasteiger partial charge in [-0.3, -0.25) is 0 Å². The van der Waals surface area contributed by atoms with Crippen LogP contribution in [0.5, 0.6) is 5.75 Å². The second kappa shape index (κ2) is 7.22. The Morgan fingerprint density at radius 1 is 1.12 bits per heavy atom. The van der Waals surface area contributed by atoms with Crippen LogP contribution < -0.4 is 10.1 Å². The van der Waals surface area contributed by atoms with Crippen molar-refractivity contribution in [2.75, 3.05) is 19.0 Å². The quantitative estimate of drug-likeness (QED) is 0.635. The summed E-state index contributed by atoms with van der Waals surface area (Å²) in [7, 11) is 1.68. The van der Waals surface area contributed by atoms with Crippen molar-refractivity contribution in [3.63, 3.8) is 0 Å². The van der Waals surface area contributed by atoms with Crippen molar-refractivity contribution >= 4 is 29.0 Å². The molecular formula is C20H19Cl2N3O. The summed E-state index contributed by atoms with van der Waals surface area (Å²) in [6, 6.07) is 13.4. The van der Waals surface area contributed by atoms with E-state index < -0.39 is 0 Å². The molecule has 1 aliphatic heterocycles. The molecule has 1 aliphatic rings. The molecule has 26 heavy (non-hydrogen) atoms. The number of ether oxygens (including phenoxy) is 1. The van der Waals surface area contributed by atoms with E-state index in [-0.39, 0.29) is 0 Å². The Morgan fingerprint density at radius 2 is 1.96 bits per heavy atom. The number of hydrogen-bond donors (Lipinski definition) is 1. The van der Waals surface area contributed by atoms with Gasteiger partial charge in [0.2, 0.25) is 0 Å². The number of benzene rings is 2. The fourth-order valence-electron chi connectivity index (χ4n) is 3.39. The number of fused-ring (bicyclic) bond motifs is 1. The zero-order valence-electron chi connectivity index (χ0n) is 14.4. The molecule has 0 aliphatic carbocycles. The first kappa shape index (κ1) is 17.3. The minimum absolute atomic E-state index is 0.570. The summed E-state index contributed by atoms with van der Waals surface area (Å²) in [6.45, 7) is 0.912. The van der Waals surface area contributed by atoms with Crippen LogP contribution in [-0.2, 0) is 6.42 Å². The standard InChI is InChI=1S/C20H19Cl2N3O/c1-26-18-8-3-2-6-14(18)19-15-7-4-5-11-23-20(15)25(24-19)17-10-9-13(21)12-16(17)22/h2-3,6,8-10,12,23H,4-5,7,11H2,1H3. The zero-order chi connectivity index (χ0) is 18.1. The highest BCUT2D eigenvalue weighted by Gasteiger charge is 2.24. The Hall–Kier alpha value is -2.17. The largest absolute Gasteiger partial charge is 0.496 e. The van der Waals surface area contributed by atoms with Crippen LogP contribution in [-0.4, -0.2) is 23.4 Å². The lowest BCUT2D eigenvalue weighted by Crippen LogP contribution is -2.07. The van der Waals surface area contributed by atoms with E-state index in [2.05, 4.69) is 5.32 Å². The molecule has 2 aromatic carbocycles. The average Bonchev–Trinajstić information content (AvgIpc) is 2.83. The Kier molecular flexibility index (Phi) is 4.79. The number of anilines is 1. The van der Waals surface area contributed by atoms with Crippen LogP contribution in [0.15, 0.2) is 42.5 Å². The van der Waals surface area contributed by atoms with E-state index >= 15 is 0 Å². The molecule has 4 rings (SSSR count). The van der Waals surface area contributed by atoms with Crippen molar-refractivity contribution in [2.24, 2.45) is 0 Å². The molecule has 0 bridgehead atoms. The summed E-state index contributed by atoms with van der Waals surface area (Å²) >= 11 is 12.5. The van der Waals surface area contributed by atoms with Crippen LogP contribution in [0.1, 0.15) is 18.4 Å². The highest BCUT2D eigenvalue weighted by atomic mass is 35.5. The summed E-state index contributed by atoms with van der Waals surface area (Å²) in [5.74, 6) is 1.80. The van der Waals surface area contributed by atoms with E-state index in [1.54, 1.807) is 13.2 Å². The van der Waals surface area contributed by atoms with Crippen LogP contribution in [0.2, 0.25) is 10.0 Å². The van der Waals surface area contributed by atoms with Crippen molar-refractivity contribution in [1.29, 1.82) is 0 Å². The predicted molar refractivity (Wildman–Crippen MR) is 107 cm³/mol. The topological polar surface area (TPSA) is 39.1 Å². The first-order valence-corrected chi connectivity index (χ1v) is 9.39. The van der Waals surface area contributed by atoms with Gasteiger partial charge in [0.25, 0.3) is 0 Å². The van der Waals surface area contributed by atoms with Gasteiger partial charge in [-0.15, -0.1) is 0 Å². The second-order valence-corrected chi connectivity index (χ2v) is 7.11. The normalized spacial score (nSPS) is 13.7. The predicted octanol–water partition coefficient (Wildman–Crippen LogP) is 5.60. The van der Waals surface area contributed by atoms with Crippen LogP contribution in [0.25, 0.3) is 16.9 Å². The second-order valence-electron chi connectivity index (χ2n) is 6.27. The van der Waals surface area contributed by atoms with Gasteiger partial charge in [0, 0.05) is 22.7 Å². The monoisotopic (exact) mass is 387 g/mol. The molecule has 0 fully saturated rings. The molecule has 1 N–H and O–H groups in total. The lowest BCUT2D eigenvalue weighted by Gasteiger charge is -2.10. The number of aromatic nitrogens is 2. The van der Waals surface area contributed by atoms with E-state index in [0.29, 0.717) is 10.0 Å². The summed E-state index contributed by atoms with van der Waals surface area (Å²) in [5, 5.41) is 9.63. The van der Waals surface area contributed by atoms with Crippen LogP contribution in [0.4, 0.5) is 5.82 Å². The van der Waals surface area contributed by atoms with Crippen LogP contribution in [0, 0.1) is 0 Å². The molecule has 4 nitrogen and oxygen atoms in total. The number of para-hydroxylation sites is 1. The average molecular weight is 388 g/mol. The van der Waals surface area contributed by atoms with Crippen LogP contribution in [0.3, 0.4) is 0 Å². The molecule has 0 amide bonds. The number of hydrogen-bond acceptors (Lipinski definition) is 3. The fourth-order valence-corrected chi connectivity index (χ4v) is 3.87. The number of halogens is 2. The van der Waals surface area contributed by atoms with Gasteiger partial charge in [-0.25, -0.2) is 4.68 Å². The van der Waals surface area contributed by atoms with Gasteiger partial charge in [0.1, 0.15) is 17.3 Å². The van der Waals surface area contributed by atoms with Crippen molar-refractivity contribution < 1.29 is 4.74 Å². The number of methoxy groups -OCH3 is 1. The maximum atomic E-state index is 6.46. The number of nitrogens with zero attached hydrogens (tertiary/aromatic N) is 2. The highest BCUT2D eigenvalue weighted by Crippen LogP contribution is 2.39. The lowest BCUT2D eigenvalue weighted by molar-refractivity contribution is 0.416. The third-order valence-electron chi connectivity index (χ3n) is 4.63. The minimum atomic E-state index is 0.570. The van der Waals surface area contributed by atoms with Crippen molar-refractivity contribution in [2.45, 2.75) is 19.3 Å². The molecule has 0 saturated carbocycles. The third-order valence-corrected chi connectivity index (χ3v) is 5.17. The van der Waals surface area contributed by atoms with Crippen molar-refractivity contribution in [1.82, 2.24) is 9.78 Å². The molecule has 0 atom stereocenters. The van der Waals surface area contributed by atoms with Crippen LogP contribution >= 0.6 is 23.2 Å². The summed E-state index contributed by atoms with van der Waals surface area (Å²) < 4.78 is 7.45. The number of rotatable bonds is 3. The first-order valence-electron chi connectivity index (χ1n) is 8.63. The fraction of sp³-hybridized carbons (Fsp3) is 0.250. The lowest BCUT2D eigenvalue weighted by atomic mass is 10.0. The Bertz CT molecular complexity index is 952. The molecule has 1 aromatic heterocycles. The maximum Gasteiger partial charge on any atom is 0.133 e. The van der Waals surface area contributed by atoms with E-state index in [1.807, 2.05) is 41.1 Å². The van der Waals surface area contributed by atoms with Gasteiger partial charge in [0.05, 0.1) is 17.8 Å². The zero-order valence-corrected chi connectivity index (χ0v) is 15.9. The van der Waals surface area contributed by atoms with Crippen molar-refractivity contribution in [3.8, 4) is 22.7 Å². The summed E-state index contributed by atoms with van der Waals surface area (Å²) in [5.41, 5.74) is 3.91. The number of nitrogens with one attached hydrogen (secondary N) is 1. The molecule has 6 heteroatoms. The summed E-state index contributed by atoms with van der Waals surface area (Å²) in [6.07, 6.45) is 3.19. The van der Waals surface area contributed by atoms with E-state index in [9.17, 15) is 0 Å². The first-order chi connectivity index (χ1) is 12.7. The maximum absolute atomic E-state index is 6.46. The van der Waals surface area contributed by atoms with Crippen molar-refractivity contribution in [3.05, 3.63) is 58.1 Å². The molecule has 0 unspecified atom stereocenters. The third kappa shape index (κ3) is 3.04. The molecule has 0 radical (unpaired) electrons. The summed E-state index contributed by atoms with van der Waals surface area (Å²) in [4.78, 5) is 0. The van der Waals surface area contributed by atoms with Gasteiger partial charge in [0.15, 0.2) is 0 Å². The molecule has 134 valence electrons. The molecule has 3 aromatic rings. The smallest absolute Gasteiger partial charge is 0.133 e. The van der Waals surface area contributed by atoms with Gasteiger partial charge >= 0.3 is 0 Å². The highest BCUT2D eigenvalue weighted by molar-refractivity contribution is 6.35. The van der Waals surface area contributed by atoms with Gasteiger partial charge in [-0.05, 0) is 49.6 Å². The molecule has 2 heterocycles. The van der Waals surface area contributed by atoms with Gasteiger partial charge < -0.3 is 10.1 Å². The Morgan fingerprint density at radius 3 is 2.77 bits per heavy atom.